The van der Waals surface area contributed by atoms with E-state index in [-0.39, 0.29) is 30.6 Å². The number of rotatable bonds is 9. The number of amides is 3. The van der Waals surface area contributed by atoms with E-state index >= 15 is 0 Å². The third-order valence-electron chi connectivity index (χ3n) is 4.97. The number of nitrogens with zero attached hydrogens (tertiary/aromatic N) is 1. The molecule has 1 aliphatic rings. The van der Waals surface area contributed by atoms with Gasteiger partial charge in [0.15, 0.2) is 0 Å². The molecule has 6 nitrogen and oxygen atoms in total. The number of methoxy groups -OCH3 is 1. The van der Waals surface area contributed by atoms with Crippen LogP contribution in [0.1, 0.15) is 29.7 Å². The van der Waals surface area contributed by atoms with E-state index in [1.807, 2.05) is 47.8 Å². The van der Waals surface area contributed by atoms with Gasteiger partial charge in [0.25, 0.3) is 0 Å². The molecule has 0 aliphatic carbocycles. The Hall–Kier alpha value is -2.51. The van der Waals surface area contributed by atoms with Gasteiger partial charge < -0.3 is 10.1 Å². The fourth-order valence-electron chi connectivity index (χ4n) is 3.55. The molecule has 2 heterocycles. The first-order chi connectivity index (χ1) is 13.6. The van der Waals surface area contributed by atoms with E-state index in [0.29, 0.717) is 31.7 Å². The lowest BCUT2D eigenvalue weighted by Gasteiger charge is -2.27. The van der Waals surface area contributed by atoms with Crippen molar-refractivity contribution in [1.29, 1.82) is 0 Å². The fourth-order valence-corrected chi connectivity index (χ4v) is 4.20. The summed E-state index contributed by atoms with van der Waals surface area (Å²) in [5, 5.41) is 4.83. The highest BCUT2D eigenvalue weighted by Crippen LogP contribution is 2.39. The Morgan fingerprint density at radius 1 is 1.21 bits per heavy atom. The minimum absolute atomic E-state index is 0.00918. The molecule has 1 saturated heterocycles. The average Bonchev–Trinajstić information content (AvgIpc) is 3.30. The van der Waals surface area contributed by atoms with Crippen molar-refractivity contribution in [3.8, 4) is 0 Å². The van der Waals surface area contributed by atoms with E-state index in [1.54, 1.807) is 18.4 Å². The quantitative estimate of drug-likeness (QED) is 0.518. The van der Waals surface area contributed by atoms with Gasteiger partial charge in [-0.25, -0.2) is 0 Å². The lowest BCUT2D eigenvalue weighted by molar-refractivity contribution is -0.141. The van der Waals surface area contributed by atoms with Gasteiger partial charge in [0, 0.05) is 38.0 Å². The summed E-state index contributed by atoms with van der Waals surface area (Å²) >= 11 is 1.56. The molecule has 148 valence electrons. The standard InChI is InChI=1S/C21H24N2O4S/c1-27-11-6-10-23-19(25)14-21(20(23)26,16-7-3-2-4-8-16)13-18(24)22-15-17-9-5-12-28-17/h2-5,7-9,12H,6,10-11,13-15H2,1H3,(H,22,24)/t21-/m0/s1. The Balaban J connectivity index is 1.80. The summed E-state index contributed by atoms with van der Waals surface area (Å²) in [5.41, 5.74) is -0.445. The van der Waals surface area contributed by atoms with Gasteiger partial charge in [-0.2, -0.15) is 0 Å². The van der Waals surface area contributed by atoms with E-state index in [0.717, 1.165) is 4.88 Å². The van der Waals surface area contributed by atoms with Crippen molar-refractivity contribution in [2.45, 2.75) is 31.2 Å². The minimum atomic E-state index is -1.15. The van der Waals surface area contributed by atoms with Crippen molar-refractivity contribution >= 4 is 29.1 Å². The van der Waals surface area contributed by atoms with Gasteiger partial charge in [-0.3, -0.25) is 19.3 Å². The predicted octanol–water partition coefficient (Wildman–Crippen LogP) is 2.49. The summed E-state index contributed by atoms with van der Waals surface area (Å²) in [6.45, 7) is 1.19. The molecular formula is C21H24N2O4S. The first-order valence-electron chi connectivity index (χ1n) is 9.25. The van der Waals surface area contributed by atoms with Gasteiger partial charge in [-0.05, 0) is 23.4 Å². The first-order valence-corrected chi connectivity index (χ1v) is 10.1. The zero-order valence-corrected chi connectivity index (χ0v) is 16.7. The molecule has 0 spiro atoms. The van der Waals surface area contributed by atoms with Crippen LogP contribution >= 0.6 is 11.3 Å². The number of ether oxygens (including phenoxy) is 1. The van der Waals surface area contributed by atoms with Crippen LogP contribution in [0.2, 0.25) is 0 Å². The van der Waals surface area contributed by atoms with Crippen molar-refractivity contribution in [1.82, 2.24) is 10.2 Å². The molecule has 1 aliphatic heterocycles. The Bertz CT molecular complexity index is 822. The summed E-state index contributed by atoms with van der Waals surface area (Å²) in [5.74, 6) is -0.778. The molecule has 0 saturated carbocycles. The SMILES string of the molecule is COCCCN1C(=O)C[C@@](CC(=O)NCc2cccs2)(c2ccccc2)C1=O. The van der Waals surface area contributed by atoms with Crippen LogP contribution in [0.4, 0.5) is 0 Å². The third kappa shape index (κ3) is 4.31. The zero-order chi connectivity index (χ0) is 20.0. The number of carbonyl (C=O) groups is 3. The monoisotopic (exact) mass is 400 g/mol. The molecule has 0 bridgehead atoms. The molecule has 2 aromatic rings. The summed E-state index contributed by atoms with van der Waals surface area (Å²) in [6.07, 6.45) is 0.534. The Labute approximate surface area is 168 Å². The van der Waals surface area contributed by atoms with Crippen molar-refractivity contribution in [3.05, 3.63) is 58.3 Å². The fraction of sp³-hybridized carbons (Fsp3) is 0.381. The Kier molecular flexibility index (Phi) is 6.59. The maximum absolute atomic E-state index is 13.3. The van der Waals surface area contributed by atoms with Crippen LogP contribution in [-0.2, 0) is 31.1 Å². The molecule has 1 aromatic heterocycles. The molecule has 28 heavy (non-hydrogen) atoms. The van der Waals surface area contributed by atoms with Crippen LogP contribution in [0, 0.1) is 0 Å². The highest BCUT2D eigenvalue weighted by Gasteiger charge is 2.53. The second-order valence-corrected chi connectivity index (χ2v) is 7.89. The van der Waals surface area contributed by atoms with E-state index in [4.69, 9.17) is 4.74 Å². The normalized spacial score (nSPS) is 19.2. The van der Waals surface area contributed by atoms with E-state index in [1.165, 1.54) is 4.90 Å². The molecule has 1 N–H and O–H groups in total. The number of thiophene rings is 1. The van der Waals surface area contributed by atoms with E-state index in [2.05, 4.69) is 5.32 Å². The number of benzene rings is 1. The smallest absolute Gasteiger partial charge is 0.240 e. The molecule has 7 heteroatoms. The molecule has 0 radical (unpaired) electrons. The highest BCUT2D eigenvalue weighted by atomic mass is 32.1. The van der Waals surface area contributed by atoms with Crippen molar-refractivity contribution < 1.29 is 19.1 Å². The number of likely N-dealkylation sites (tertiary alicyclic amines) is 1. The Morgan fingerprint density at radius 3 is 2.68 bits per heavy atom. The molecule has 3 amide bonds. The average molecular weight is 401 g/mol. The van der Waals surface area contributed by atoms with Crippen LogP contribution in [0.5, 0.6) is 0 Å². The van der Waals surface area contributed by atoms with Crippen molar-refractivity contribution in [2.75, 3.05) is 20.3 Å². The van der Waals surface area contributed by atoms with Gasteiger partial charge in [0.2, 0.25) is 17.7 Å². The number of nitrogens with one attached hydrogen (secondary N) is 1. The van der Waals surface area contributed by atoms with Gasteiger partial charge in [0.05, 0.1) is 12.0 Å². The number of imide groups is 1. The van der Waals surface area contributed by atoms with Crippen molar-refractivity contribution in [3.63, 3.8) is 0 Å². The molecule has 1 atom stereocenters. The predicted molar refractivity (Wildman–Crippen MR) is 107 cm³/mol. The van der Waals surface area contributed by atoms with Crippen LogP contribution < -0.4 is 5.32 Å². The van der Waals surface area contributed by atoms with Crippen LogP contribution in [0.25, 0.3) is 0 Å². The molecule has 1 aromatic carbocycles. The van der Waals surface area contributed by atoms with Gasteiger partial charge >= 0.3 is 0 Å². The molecule has 1 fully saturated rings. The van der Waals surface area contributed by atoms with E-state index in [9.17, 15) is 14.4 Å². The highest BCUT2D eigenvalue weighted by molar-refractivity contribution is 7.09. The first kappa shape index (κ1) is 20.2. The van der Waals surface area contributed by atoms with Crippen LogP contribution in [-0.4, -0.2) is 42.9 Å². The number of carbonyl (C=O) groups excluding carboxylic acids is 3. The lowest BCUT2D eigenvalue weighted by atomic mass is 9.75. The zero-order valence-electron chi connectivity index (χ0n) is 15.8. The maximum Gasteiger partial charge on any atom is 0.240 e. The van der Waals surface area contributed by atoms with Gasteiger partial charge in [0.1, 0.15) is 0 Å². The second-order valence-electron chi connectivity index (χ2n) is 6.85. The van der Waals surface area contributed by atoms with Crippen LogP contribution in [0.3, 0.4) is 0 Å². The van der Waals surface area contributed by atoms with Gasteiger partial charge in [-0.15, -0.1) is 11.3 Å². The number of hydrogen-bond donors (Lipinski definition) is 1. The van der Waals surface area contributed by atoms with E-state index < -0.39 is 5.41 Å². The topological polar surface area (TPSA) is 75.7 Å². The summed E-state index contributed by atoms with van der Waals surface area (Å²) in [4.78, 5) is 40.9. The van der Waals surface area contributed by atoms with Crippen LogP contribution in [0.15, 0.2) is 47.8 Å². The lowest BCUT2D eigenvalue weighted by Crippen LogP contribution is -2.42. The maximum atomic E-state index is 13.3. The van der Waals surface area contributed by atoms with Crippen molar-refractivity contribution in [2.24, 2.45) is 0 Å². The van der Waals surface area contributed by atoms with Gasteiger partial charge in [-0.1, -0.05) is 36.4 Å². The molecule has 0 unspecified atom stereocenters. The number of hydrogen-bond acceptors (Lipinski definition) is 5. The summed E-state index contributed by atoms with van der Waals surface area (Å²) in [7, 11) is 1.58. The third-order valence-corrected chi connectivity index (χ3v) is 5.84. The Morgan fingerprint density at radius 2 is 2.00 bits per heavy atom. The molecular weight excluding hydrogens is 376 g/mol. The second kappa shape index (κ2) is 9.12. The summed E-state index contributed by atoms with van der Waals surface area (Å²) < 4.78 is 5.03. The molecule has 3 rings (SSSR count). The summed E-state index contributed by atoms with van der Waals surface area (Å²) in [6, 6.07) is 13.0. The largest absolute Gasteiger partial charge is 0.385 e. The minimum Gasteiger partial charge on any atom is -0.385 e.